The molecule has 208 valence electrons. The van der Waals surface area contributed by atoms with Gasteiger partial charge in [0.05, 0.1) is 30.9 Å². The summed E-state index contributed by atoms with van der Waals surface area (Å²) in [6.07, 6.45) is 2.56. The minimum absolute atomic E-state index is 0.0339. The molecule has 0 radical (unpaired) electrons. The van der Waals surface area contributed by atoms with E-state index >= 15 is 0 Å². The fourth-order valence-corrected chi connectivity index (χ4v) is 4.38. The monoisotopic (exact) mass is 554 g/mol. The highest BCUT2D eigenvalue weighted by atomic mass is 32.1. The van der Waals surface area contributed by atoms with Crippen LogP contribution in [-0.4, -0.2) is 53.1 Å². The van der Waals surface area contributed by atoms with Crippen molar-refractivity contribution < 1.29 is 28.7 Å². The average Bonchev–Trinajstić information content (AvgIpc) is 3.14. The van der Waals surface area contributed by atoms with Gasteiger partial charge in [-0.05, 0) is 81.0 Å². The summed E-state index contributed by atoms with van der Waals surface area (Å²) in [5.74, 6) is -1.00. The number of nitrogens with zero attached hydrogens (tertiary/aromatic N) is 2. The summed E-state index contributed by atoms with van der Waals surface area (Å²) in [6, 6.07) is 12.0. The van der Waals surface area contributed by atoms with Crippen molar-refractivity contribution in [2.75, 3.05) is 23.4 Å². The molecule has 1 saturated heterocycles. The van der Waals surface area contributed by atoms with Crippen LogP contribution >= 0.6 is 12.2 Å². The lowest BCUT2D eigenvalue weighted by molar-refractivity contribution is -0.129. The lowest BCUT2D eigenvalue weighted by Crippen LogP contribution is -2.49. The van der Waals surface area contributed by atoms with Gasteiger partial charge in [-0.1, -0.05) is 19.8 Å². The summed E-state index contributed by atoms with van der Waals surface area (Å²) in [5, 5.41) is 4.09. The number of benzene rings is 2. The molecule has 2 N–H and O–H groups in total. The van der Waals surface area contributed by atoms with Gasteiger partial charge in [-0.25, -0.2) is 9.80 Å². The van der Waals surface area contributed by atoms with Gasteiger partial charge in [-0.15, -0.1) is 0 Å². The van der Waals surface area contributed by atoms with Crippen LogP contribution in [-0.2, 0) is 19.1 Å². The zero-order valence-electron chi connectivity index (χ0n) is 22.4. The third-order valence-electron chi connectivity index (χ3n) is 5.93. The van der Waals surface area contributed by atoms with Gasteiger partial charge >= 0.3 is 5.97 Å². The second-order valence-electron chi connectivity index (χ2n) is 8.81. The molecule has 2 aromatic carbocycles. The molecule has 1 unspecified atom stereocenters. The number of ether oxygens (including phenoxy) is 2. The third-order valence-corrected chi connectivity index (χ3v) is 6.31. The van der Waals surface area contributed by atoms with Crippen molar-refractivity contribution in [2.24, 2.45) is 0 Å². The second kappa shape index (κ2) is 14.2. The largest absolute Gasteiger partial charge is 0.494 e. The maximum Gasteiger partial charge on any atom is 0.338 e. The minimum Gasteiger partial charge on any atom is -0.494 e. The summed E-state index contributed by atoms with van der Waals surface area (Å²) in [4.78, 5) is 52.4. The number of amides is 3. The van der Waals surface area contributed by atoms with Crippen LogP contribution in [0.3, 0.4) is 0 Å². The topological polar surface area (TPSA) is 117 Å². The van der Waals surface area contributed by atoms with E-state index in [0.717, 1.165) is 12.8 Å². The number of hydrogen-bond acceptors (Lipinski definition) is 7. The molecule has 39 heavy (non-hydrogen) atoms. The number of unbranched alkanes of at least 4 members (excludes halogenated alkanes) is 2. The lowest BCUT2D eigenvalue weighted by atomic mass is 10.1. The highest BCUT2D eigenvalue weighted by Crippen LogP contribution is 2.27. The Morgan fingerprint density at radius 3 is 2.23 bits per heavy atom. The van der Waals surface area contributed by atoms with Crippen LogP contribution in [0, 0.1) is 0 Å². The van der Waals surface area contributed by atoms with Gasteiger partial charge in [0.1, 0.15) is 11.8 Å². The normalized spacial score (nSPS) is 14.8. The van der Waals surface area contributed by atoms with E-state index in [0.29, 0.717) is 35.7 Å². The Morgan fingerprint density at radius 2 is 1.62 bits per heavy atom. The minimum atomic E-state index is -1.06. The smallest absolute Gasteiger partial charge is 0.338 e. The zero-order valence-corrected chi connectivity index (χ0v) is 23.2. The standard InChI is InChI=1S/C28H34N4O6S/c1-4-7-8-9-24(33)30-32-23(18-25(34)29-20-12-16-22(17-13-20)37-5-2)26(35)31(28(32)39)21-14-10-19(11-15-21)27(36)38-6-3/h10-17,23H,4-9,18H2,1-3H3,(H,29,34)(H,30,33). The van der Waals surface area contributed by atoms with Gasteiger partial charge in [-0.3, -0.25) is 24.7 Å². The Morgan fingerprint density at radius 1 is 0.923 bits per heavy atom. The number of carbonyl (C=O) groups is 4. The Balaban J connectivity index is 1.79. The van der Waals surface area contributed by atoms with Crippen LogP contribution in [0.25, 0.3) is 0 Å². The number of carbonyl (C=O) groups excluding carboxylic acids is 4. The average molecular weight is 555 g/mol. The highest BCUT2D eigenvalue weighted by Gasteiger charge is 2.45. The van der Waals surface area contributed by atoms with Gasteiger partial charge < -0.3 is 14.8 Å². The molecule has 3 amide bonds. The third kappa shape index (κ3) is 7.76. The van der Waals surface area contributed by atoms with Crippen molar-refractivity contribution in [3.63, 3.8) is 0 Å². The van der Waals surface area contributed by atoms with Crippen molar-refractivity contribution in [1.82, 2.24) is 10.4 Å². The van der Waals surface area contributed by atoms with E-state index < -0.39 is 23.8 Å². The number of thiocarbonyl (C=S) groups is 1. The van der Waals surface area contributed by atoms with Crippen LogP contribution in [0.15, 0.2) is 48.5 Å². The molecule has 3 rings (SSSR count). The predicted molar refractivity (Wildman–Crippen MR) is 151 cm³/mol. The van der Waals surface area contributed by atoms with E-state index in [1.165, 1.54) is 22.0 Å². The summed E-state index contributed by atoms with van der Waals surface area (Å²) in [7, 11) is 0. The van der Waals surface area contributed by atoms with Gasteiger partial charge in [0, 0.05) is 12.1 Å². The Kier molecular flexibility index (Phi) is 10.8. The number of anilines is 2. The first-order valence-corrected chi connectivity index (χ1v) is 13.5. The number of hydrazine groups is 1. The number of hydrogen-bond donors (Lipinski definition) is 2. The van der Waals surface area contributed by atoms with Crippen molar-refractivity contribution in [1.29, 1.82) is 0 Å². The number of esters is 1. The molecule has 0 aromatic heterocycles. The van der Waals surface area contributed by atoms with E-state index in [4.69, 9.17) is 21.7 Å². The molecule has 0 spiro atoms. The van der Waals surface area contributed by atoms with E-state index in [1.807, 2.05) is 13.8 Å². The quantitative estimate of drug-likeness (QED) is 0.215. The van der Waals surface area contributed by atoms with Crippen molar-refractivity contribution in [3.05, 3.63) is 54.1 Å². The maximum absolute atomic E-state index is 13.6. The van der Waals surface area contributed by atoms with E-state index in [1.54, 1.807) is 43.3 Å². The lowest BCUT2D eigenvalue weighted by Gasteiger charge is -2.24. The first-order valence-electron chi connectivity index (χ1n) is 13.1. The molecule has 1 atom stereocenters. The molecule has 0 saturated carbocycles. The fraction of sp³-hybridized carbons (Fsp3) is 0.393. The molecule has 2 aromatic rings. The predicted octanol–water partition coefficient (Wildman–Crippen LogP) is 4.20. The number of rotatable bonds is 13. The Labute approximate surface area is 233 Å². The molecule has 10 nitrogen and oxygen atoms in total. The Bertz CT molecular complexity index is 1190. The molecule has 1 aliphatic rings. The van der Waals surface area contributed by atoms with Crippen molar-refractivity contribution in [3.8, 4) is 5.75 Å². The van der Waals surface area contributed by atoms with Crippen LogP contribution in [0.1, 0.15) is 63.2 Å². The van der Waals surface area contributed by atoms with Crippen molar-refractivity contribution >= 4 is 52.4 Å². The van der Waals surface area contributed by atoms with E-state index in [-0.39, 0.29) is 30.5 Å². The Hall–Kier alpha value is -3.99. The first-order chi connectivity index (χ1) is 18.8. The fourth-order valence-electron chi connectivity index (χ4n) is 4.01. The van der Waals surface area contributed by atoms with Crippen LogP contribution in [0.2, 0.25) is 0 Å². The zero-order chi connectivity index (χ0) is 28.4. The van der Waals surface area contributed by atoms with Gasteiger partial charge in [0.2, 0.25) is 16.9 Å². The van der Waals surface area contributed by atoms with E-state index in [9.17, 15) is 19.2 Å². The maximum atomic E-state index is 13.6. The van der Waals surface area contributed by atoms with Gasteiger partial charge in [0.15, 0.2) is 0 Å². The summed E-state index contributed by atoms with van der Waals surface area (Å²) in [5.41, 5.74) is 3.99. The molecule has 1 aliphatic heterocycles. The van der Waals surface area contributed by atoms with Crippen LogP contribution < -0.4 is 20.4 Å². The summed E-state index contributed by atoms with van der Waals surface area (Å²) in [6.45, 7) is 6.40. The van der Waals surface area contributed by atoms with Gasteiger partial charge in [0.25, 0.3) is 5.91 Å². The molecular formula is C28H34N4O6S. The molecule has 0 bridgehead atoms. The molecule has 1 heterocycles. The molecule has 1 fully saturated rings. The second-order valence-corrected chi connectivity index (χ2v) is 9.18. The van der Waals surface area contributed by atoms with Crippen molar-refractivity contribution in [2.45, 2.75) is 58.9 Å². The van der Waals surface area contributed by atoms with Crippen LogP contribution in [0.5, 0.6) is 5.75 Å². The first kappa shape index (κ1) is 29.6. The van der Waals surface area contributed by atoms with Crippen LogP contribution in [0.4, 0.5) is 11.4 Å². The highest BCUT2D eigenvalue weighted by molar-refractivity contribution is 7.80. The summed E-state index contributed by atoms with van der Waals surface area (Å²) < 4.78 is 10.4. The molecule has 11 heteroatoms. The van der Waals surface area contributed by atoms with E-state index in [2.05, 4.69) is 10.7 Å². The van der Waals surface area contributed by atoms with Gasteiger partial charge in [-0.2, -0.15) is 0 Å². The molecular weight excluding hydrogens is 520 g/mol. The molecule has 0 aliphatic carbocycles. The number of nitrogens with one attached hydrogen (secondary N) is 2. The SMILES string of the molecule is CCCCCC(=O)NN1C(=S)N(c2ccc(C(=O)OCC)cc2)C(=O)C1CC(=O)Nc1ccc(OCC)cc1. The summed E-state index contributed by atoms with van der Waals surface area (Å²) >= 11 is 5.58.